The van der Waals surface area contributed by atoms with Gasteiger partial charge in [-0.1, -0.05) is 12.8 Å². The van der Waals surface area contributed by atoms with Crippen molar-refractivity contribution in [2.45, 2.75) is 37.8 Å². The van der Waals surface area contributed by atoms with Crippen LogP contribution in [-0.2, 0) is 9.59 Å². The molecule has 2 rings (SSSR count). The molecule has 0 spiro atoms. The Kier molecular flexibility index (Phi) is 3.43. The molecule has 5 nitrogen and oxygen atoms in total. The molecule has 1 aliphatic carbocycles. The summed E-state index contributed by atoms with van der Waals surface area (Å²) in [5.74, 6) is 0.0690. The van der Waals surface area contributed by atoms with Crippen LogP contribution in [0.25, 0.3) is 0 Å². The van der Waals surface area contributed by atoms with E-state index >= 15 is 0 Å². The molecule has 2 N–H and O–H groups in total. The first-order valence-electron chi connectivity index (χ1n) is 5.95. The van der Waals surface area contributed by atoms with Crippen molar-refractivity contribution in [2.75, 3.05) is 20.1 Å². The zero-order valence-corrected chi connectivity index (χ0v) is 9.66. The number of nitrogens with zero attached hydrogens (tertiary/aromatic N) is 1. The zero-order valence-electron chi connectivity index (χ0n) is 9.66. The third-order valence-corrected chi connectivity index (χ3v) is 3.53. The van der Waals surface area contributed by atoms with E-state index in [0.29, 0.717) is 12.6 Å². The summed E-state index contributed by atoms with van der Waals surface area (Å²) < 4.78 is 0. The van der Waals surface area contributed by atoms with Crippen molar-refractivity contribution >= 4 is 11.8 Å². The van der Waals surface area contributed by atoms with E-state index in [1.807, 2.05) is 11.9 Å². The topological polar surface area (TPSA) is 61.4 Å². The Labute approximate surface area is 95.6 Å². The number of rotatable bonds is 2. The van der Waals surface area contributed by atoms with Crippen LogP contribution in [0.5, 0.6) is 0 Å². The van der Waals surface area contributed by atoms with Gasteiger partial charge in [0, 0.05) is 19.6 Å². The minimum Gasteiger partial charge on any atom is -0.353 e. The molecule has 0 aromatic carbocycles. The summed E-state index contributed by atoms with van der Waals surface area (Å²) in [6, 6.07) is 0.148. The van der Waals surface area contributed by atoms with Gasteiger partial charge in [-0.05, 0) is 12.8 Å². The fraction of sp³-hybridized carbons (Fsp3) is 0.818. The van der Waals surface area contributed by atoms with E-state index in [9.17, 15) is 9.59 Å². The number of hydrogen-bond acceptors (Lipinski definition) is 3. The summed E-state index contributed by atoms with van der Waals surface area (Å²) in [5.41, 5.74) is 0. The van der Waals surface area contributed by atoms with Gasteiger partial charge in [0.1, 0.15) is 6.04 Å². The molecule has 1 atom stereocenters. The Morgan fingerprint density at radius 2 is 2.06 bits per heavy atom. The van der Waals surface area contributed by atoms with Crippen molar-refractivity contribution in [2.24, 2.45) is 0 Å². The molecule has 90 valence electrons. The fourth-order valence-corrected chi connectivity index (χ4v) is 2.46. The number of nitrogens with one attached hydrogen (secondary N) is 2. The van der Waals surface area contributed by atoms with E-state index < -0.39 is 0 Å². The number of carbonyl (C=O) groups is 2. The van der Waals surface area contributed by atoms with Crippen LogP contribution >= 0.6 is 0 Å². The monoisotopic (exact) mass is 225 g/mol. The van der Waals surface area contributed by atoms with Crippen LogP contribution in [0.1, 0.15) is 25.7 Å². The maximum atomic E-state index is 12.1. The maximum Gasteiger partial charge on any atom is 0.241 e. The fourth-order valence-electron chi connectivity index (χ4n) is 2.46. The lowest BCUT2D eigenvalue weighted by molar-refractivity contribution is -0.135. The van der Waals surface area contributed by atoms with Crippen LogP contribution < -0.4 is 10.6 Å². The molecule has 2 amide bonds. The van der Waals surface area contributed by atoms with Gasteiger partial charge in [-0.15, -0.1) is 0 Å². The highest BCUT2D eigenvalue weighted by atomic mass is 16.2. The predicted octanol–water partition coefficient (Wildman–Crippen LogP) is -0.525. The van der Waals surface area contributed by atoms with Crippen molar-refractivity contribution in [3.63, 3.8) is 0 Å². The van der Waals surface area contributed by atoms with Crippen LogP contribution in [0, 0.1) is 0 Å². The molecule has 1 heterocycles. The van der Waals surface area contributed by atoms with Gasteiger partial charge >= 0.3 is 0 Å². The van der Waals surface area contributed by atoms with E-state index in [0.717, 1.165) is 12.8 Å². The predicted molar refractivity (Wildman–Crippen MR) is 59.8 cm³/mol. The molecule has 0 bridgehead atoms. The minimum atomic E-state index is -0.247. The van der Waals surface area contributed by atoms with E-state index in [2.05, 4.69) is 10.6 Å². The van der Waals surface area contributed by atoms with Crippen LogP contribution in [0.2, 0.25) is 0 Å². The lowest BCUT2D eigenvalue weighted by Crippen LogP contribution is -2.59. The van der Waals surface area contributed by atoms with Gasteiger partial charge in [0.15, 0.2) is 0 Å². The van der Waals surface area contributed by atoms with E-state index in [1.165, 1.54) is 12.8 Å². The van der Waals surface area contributed by atoms with Gasteiger partial charge in [0.2, 0.25) is 11.8 Å². The molecular weight excluding hydrogens is 206 g/mol. The highest BCUT2D eigenvalue weighted by molar-refractivity contribution is 5.86. The summed E-state index contributed by atoms with van der Waals surface area (Å²) in [6.45, 7) is 0.656. The normalized spacial score (nSPS) is 26.6. The van der Waals surface area contributed by atoms with Crippen LogP contribution in [0.3, 0.4) is 0 Å². The average molecular weight is 225 g/mol. The lowest BCUT2D eigenvalue weighted by atomic mass is 10.1. The molecule has 0 aromatic rings. The van der Waals surface area contributed by atoms with Crippen molar-refractivity contribution in [3.05, 3.63) is 0 Å². The first-order chi connectivity index (χ1) is 7.68. The van der Waals surface area contributed by atoms with Gasteiger partial charge in [-0.3, -0.25) is 14.9 Å². The molecule has 16 heavy (non-hydrogen) atoms. The zero-order chi connectivity index (χ0) is 11.5. The molecule has 1 aliphatic heterocycles. The summed E-state index contributed by atoms with van der Waals surface area (Å²) >= 11 is 0. The molecule has 2 fully saturated rings. The van der Waals surface area contributed by atoms with E-state index in [1.54, 1.807) is 0 Å². The maximum absolute atomic E-state index is 12.1. The molecule has 2 aliphatic rings. The Balaban J connectivity index is 1.88. The van der Waals surface area contributed by atoms with Gasteiger partial charge < -0.3 is 10.2 Å². The van der Waals surface area contributed by atoms with Crippen molar-refractivity contribution in [3.8, 4) is 0 Å². The quantitative estimate of drug-likeness (QED) is 0.664. The molecular formula is C11H19N3O2. The number of carbonyl (C=O) groups excluding carboxylic acids is 2. The Morgan fingerprint density at radius 1 is 1.38 bits per heavy atom. The second kappa shape index (κ2) is 4.82. The van der Waals surface area contributed by atoms with Gasteiger partial charge in [0.25, 0.3) is 0 Å². The molecule has 1 saturated carbocycles. The highest BCUT2D eigenvalue weighted by Crippen LogP contribution is 2.22. The first-order valence-corrected chi connectivity index (χ1v) is 5.95. The first kappa shape index (κ1) is 11.4. The number of likely N-dealkylation sites (N-methyl/N-ethyl adjacent to an activating group) is 1. The van der Waals surface area contributed by atoms with Crippen molar-refractivity contribution < 1.29 is 9.59 Å². The van der Waals surface area contributed by atoms with Gasteiger partial charge in [0.05, 0.1) is 6.54 Å². The molecule has 0 radical (unpaired) electrons. The Bertz CT molecular complexity index is 277. The number of amides is 2. The SMILES string of the molecule is CN(C(=O)C1CNC(=O)CN1)C1CCCC1. The number of hydrogen-bond donors (Lipinski definition) is 2. The van der Waals surface area contributed by atoms with Crippen molar-refractivity contribution in [1.82, 2.24) is 15.5 Å². The van der Waals surface area contributed by atoms with E-state index in [4.69, 9.17) is 0 Å². The second-order valence-corrected chi connectivity index (χ2v) is 4.62. The minimum absolute atomic E-state index is 0.0347. The summed E-state index contributed by atoms with van der Waals surface area (Å²) in [6.07, 6.45) is 4.66. The summed E-state index contributed by atoms with van der Waals surface area (Å²) in [5, 5.41) is 5.68. The Hall–Kier alpha value is -1.10. The molecule has 5 heteroatoms. The lowest BCUT2D eigenvalue weighted by Gasteiger charge is -2.31. The largest absolute Gasteiger partial charge is 0.353 e. The van der Waals surface area contributed by atoms with Crippen LogP contribution in [-0.4, -0.2) is 48.9 Å². The second-order valence-electron chi connectivity index (χ2n) is 4.62. The number of piperazine rings is 1. The molecule has 1 unspecified atom stereocenters. The standard InChI is InChI=1S/C11H19N3O2/c1-14(8-4-2-3-5-8)11(16)9-6-13-10(15)7-12-9/h8-9,12H,2-7H2,1H3,(H,13,15). The van der Waals surface area contributed by atoms with Gasteiger partial charge in [-0.25, -0.2) is 0 Å². The van der Waals surface area contributed by atoms with Crippen molar-refractivity contribution in [1.29, 1.82) is 0 Å². The van der Waals surface area contributed by atoms with Gasteiger partial charge in [-0.2, -0.15) is 0 Å². The van der Waals surface area contributed by atoms with E-state index in [-0.39, 0.29) is 24.4 Å². The molecule has 1 saturated heterocycles. The smallest absolute Gasteiger partial charge is 0.241 e. The average Bonchev–Trinajstić information content (AvgIpc) is 2.81. The van der Waals surface area contributed by atoms with Crippen LogP contribution in [0.4, 0.5) is 0 Å². The summed E-state index contributed by atoms with van der Waals surface area (Å²) in [7, 11) is 1.87. The third-order valence-electron chi connectivity index (χ3n) is 3.53. The van der Waals surface area contributed by atoms with Crippen LogP contribution in [0.15, 0.2) is 0 Å². The summed E-state index contributed by atoms with van der Waals surface area (Å²) in [4.78, 5) is 24.9. The highest BCUT2D eigenvalue weighted by Gasteiger charge is 2.30. The Morgan fingerprint density at radius 3 is 2.62 bits per heavy atom. The third kappa shape index (κ3) is 2.35. The molecule has 0 aromatic heterocycles.